The average molecular weight is 642 g/mol. The average Bonchev–Trinajstić information content (AvgIpc) is 3.49. The number of anilines is 1. The fourth-order valence-electron chi connectivity index (χ4n) is 6.56. The molecule has 1 saturated heterocycles. The molecule has 1 fully saturated rings. The van der Waals surface area contributed by atoms with Gasteiger partial charge in [0.2, 0.25) is 5.95 Å². The van der Waals surface area contributed by atoms with Gasteiger partial charge in [-0.3, -0.25) is 14.7 Å². The zero-order chi connectivity index (χ0) is 31.3. The van der Waals surface area contributed by atoms with Crippen molar-refractivity contribution >= 4 is 46.1 Å². The van der Waals surface area contributed by atoms with Crippen LogP contribution in [0.1, 0.15) is 59.2 Å². The van der Waals surface area contributed by atoms with E-state index in [-0.39, 0.29) is 24.0 Å². The van der Waals surface area contributed by atoms with Crippen LogP contribution in [-0.4, -0.2) is 63.0 Å². The molecule has 232 valence electrons. The molecule has 2 atom stereocenters. The van der Waals surface area contributed by atoms with Gasteiger partial charge in [-0.15, -0.1) is 0 Å². The maximum Gasteiger partial charge on any atom is 0.254 e. The van der Waals surface area contributed by atoms with E-state index >= 15 is 0 Å². The highest BCUT2D eigenvalue weighted by molar-refractivity contribution is 6.42. The van der Waals surface area contributed by atoms with Gasteiger partial charge in [0.25, 0.3) is 5.91 Å². The van der Waals surface area contributed by atoms with Crippen molar-refractivity contribution in [3.05, 3.63) is 124 Å². The topological polar surface area (TPSA) is 77.2 Å². The van der Waals surface area contributed by atoms with Gasteiger partial charge in [0.05, 0.1) is 27.2 Å². The van der Waals surface area contributed by atoms with Gasteiger partial charge in [0.15, 0.2) is 0 Å². The quantitative estimate of drug-likeness (QED) is 0.162. The predicted octanol–water partition coefficient (Wildman–Crippen LogP) is 8.02. The zero-order valence-electron chi connectivity index (χ0n) is 25.6. The number of nitrogens with one attached hydrogen (secondary N) is 2. The fraction of sp³-hybridized carbons (Fsp3) is 0.306. The number of halogens is 2. The molecule has 0 spiro atoms. The molecule has 0 bridgehead atoms. The minimum Gasteiger partial charge on any atom is -0.353 e. The Bertz CT molecular complexity index is 1740. The smallest absolute Gasteiger partial charge is 0.254 e. The van der Waals surface area contributed by atoms with E-state index in [0.717, 1.165) is 61.3 Å². The van der Waals surface area contributed by atoms with Gasteiger partial charge >= 0.3 is 0 Å². The van der Waals surface area contributed by atoms with Crippen molar-refractivity contribution in [1.82, 2.24) is 24.8 Å². The van der Waals surface area contributed by atoms with Crippen LogP contribution in [-0.2, 0) is 6.42 Å². The van der Waals surface area contributed by atoms with Crippen LogP contribution in [0.2, 0.25) is 10.0 Å². The molecule has 7 nitrogen and oxygen atoms in total. The van der Waals surface area contributed by atoms with E-state index in [1.54, 1.807) is 0 Å². The Labute approximate surface area is 274 Å². The predicted molar refractivity (Wildman–Crippen MR) is 183 cm³/mol. The van der Waals surface area contributed by atoms with Crippen LogP contribution in [0, 0.1) is 0 Å². The molecule has 9 heteroatoms. The van der Waals surface area contributed by atoms with E-state index in [1.807, 2.05) is 85.0 Å². The van der Waals surface area contributed by atoms with Crippen LogP contribution in [0.3, 0.4) is 0 Å². The number of rotatable bonds is 10. The maximum atomic E-state index is 13.8. The molecule has 0 aliphatic carbocycles. The van der Waals surface area contributed by atoms with E-state index in [1.165, 1.54) is 11.1 Å². The summed E-state index contributed by atoms with van der Waals surface area (Å²) >= 11 is 12.8. The maximum absolute atomic E-state index is 13.8. The largest absolute Gasteiger partial charge is 0.353 e. The lowest BCUT2D eigenvalue weighted by atomic mass is 9.90. The third-order valence-electron chi connectivity index (χ3n) is 8.89. The summed E-state index contributed by atoms with van der Waals surface area (Å²) in [6.45, 7) is 3.83. The van der Waals surface area contributed by atoms with Crippen molar-refractivity contribution in [2.24, 2.45) is 0 Å². The molecule has 2 unspecified atom stereocenters. The lowest BCUT2D eigenvalue weighted by molar-refractivity contribution is 0.0201. The van der Waals surface area contributed by atoms with Crippen LogP contribution in [0.4, 0.5) is 5.95 Å². The van der Waals surface area contributed by atoms with Gasteiger partial charge in [-0.25, -0.2) is 4.98 Å². The molecule has 2 N–H and O–H groups in total. The number of aromatic amines is 1. The van der Waals surface area contributed by atoms with Crippen molar-refractivity contribution in [2.75, 3.05) is 25.5 Å². The number of benzene rings is 3. The molecular weight excluding hydrogens is 603 g/mol. The normalized spacial score (nSPS) is 15.6. The Morgan fingerprint density at radius 3 is 2.47 bits per heavy atom. The number of carbonyl (C=O) groups is 1. The summed E-state index contributed by atoms with van der Waals surface area (Å²) < 4.78 is 0. The summed E-state index contributed by atoms with van der Waals surface area (Å²) in [7, 11) is 1.92. The van der Waals surface area contributed by atoms with E-state index in [2.05, 4.69) is 45.3 Å². The summed E-state index contributed by atoms with van der Waals surface area (Å²) in [6, 6.07) is 26.0. The Morgan fingerprint density at radius 1 is 1.00 bits per heavy atom. The second kappa shape index (κ2) is 14.0. The molecule has 1 aliphatic rings. The molecule has 0 saturated carbocycles. The monoisotopic (exact) mass is 640 g/mol. The highest BCUT2D eigenvalue weighted by Crippen LogP contribution is 2.35. The molecular formula is C36H38Cl2N6O. The first kappa shape index (κ1) is 31.1. The number of piperidine rings is 1. The Kier molecular flexibility index (Phi) is 9.69. The van der Waals surface area contributed by atoms with Gasteiger partial charge in [-0.05, 0) is 84.8 Å². The molecule has 3 aromatic carbocycles. The number of aromatic nitrogens is 3. The molecule has 1 aliphatic heterocycles. The van der Waals surface area contributed by atoms with Crippen molar-refractivity contribution in [3.8, 4) is 0 Å². The summed E-state index contributed by atoms with van der Waals surface area (Å²) in [5, 5.41) is 4.73. The second-order valence-electron chi connectivity index (χ2n) is 11.8. The van der Waals surface area contributed by atoms with Crippen LogP contribution >= 0.6 is 23.2 Å². The number of likely N-dealkylation sites (N-methyl/N-ethyl adjacent to an activating group) is 1. The summed E-state index contributed by atoms with van der Waals surface area (Å²) in [5.74, 6) is 0.848. The minimum absolute atomic E-state index is 0.00389. The van der Waals surface area contributed by atoms with Crippen LogP contribution in [0.15, 0.2) is 91.3 Å². The summed E-state index contributed by atoms with van der Waals surface area (Å²) in [4.78, 5) is 30.7. The molecule has 2 aromatic heterocycles. The number of likely N-dealkylation sites (tertiary alicyclic amines) is 1. The standard InChI is InChI=1S/C36H38Cl2N6O/c1-3-29(26-12-13-30(37)31(38)23-26)34(43(2)35(45)25-8-5-4-6-9-25)44-20-16-28(17-21-44)40-36-41-32-11-7-10-27(33(32)42-36)22-24-14-18-39-19-15-24/h4-15,18-19,23,28-29,34H,3,16-17,20-22H2,1-2H3,(H2,40,41,42). The van der Waals surface area contributed by atoms with Gasteiger partial charge < -0.3 is 15.2 Å². The lowest BCUT2D eigenvalue weighted by Crippen LogP contribution is -2.55. The first-order chi connectivity index (χ1) is 21.9. The van der Waals surface area contributed by atoms with Crippen molar-refractivity contribution in [1.29, 1.82) is 0 Å². The van der Waals surface area contributed by atoms with Gasteiger partial charge in [-0.1, -0.05) is 66.5 Å². The lowest BCUT2D eigenvalue weighted by Gasteiger charge is -2.45. The van der Waals surface area contributed by atoms with E-state index in [0.29, 0.717) is 15.6 Å². The number of amides is 1. The third kappa shape index (κ3) is 7.01. The number of hydrogen-bond acceptors (Lipinski definition) is 5. The van der Waals surface area contributed by atoms with Crippen LogP contribution in [0.25, 0.3) is 11.0 Å². The van der Waals surface area contributed by atoms with Crippen LogP contribution in [0.5, 0.6) is 0 Å². The van der Waals surface area contributed by atoms with E-state index in [4.69, 9.17) is 28.2 Å². The SMILES string of the molecule is CCC(c1ccc(Cl)c(Cl)c1)C(N1CCC(Nc2nc3c(Cc4ccncc4)cccc3[nH]2)CC1)N(C)C(=O)c1ccccc1. The highest BCUT2D eigenvalue weighted by Gasteiger charge is 2.36. The van der Waals surface area contributed by atoms with Crippen molar-refractivity contribution in [2.45, 2.75) is 50.7 Å². The van der Waals surface area contributed by atoms with Gasteiger partial charge in [-0.2, -0.15) is 0 Å². The molecule has 1 amide bonds. The van der Waals surface area contributed by atoms with E-state index in [9.17, 15) is 4.79 Å². The second-order valence-corrected chi connectivity index (χ2v) is 12.6. The van der Waals surface area contributed by atoms with Crippen molar-refractivity contribution < 1.29 is 4.79 Å². The molecule has 6 rings (SSSR count). The summed E-state index contributed by atoms with van der Waals surface area (Å²) in [6.07, 6.45) is 6.98. The number of H-pyrrole nitrogens is 1. The number of pyridine rings is 1. The van der Waals surface area contributed by atoms with Crippen molar-refractivity contribution in [3.63, 3.8) is 0 Å². The van der Waals surface area contributed by atoms with Crippen LogP contribution < -0.4 is 5.32 Å². The van der Waals surface area contributed by atoms with Gasteiger partial charge in [0, 0.05) is 50.1 Å². The minimum atomic E-state index is -0.150. The Balaban J connectivity index is 1.19. The number of fused-ring (bicyclic) bond motifs is 1. The fourth-order valence-corrected chi connectivity index (χ4v) is 6.87. The first-order valence-corrected chi connectivity index (χ1v) is 16.3. The zero-order valence-corrected chi connectivity index (χ0v) is 27.1. The third-order valence-corrected chi connectivity index (χ3v) is 9.63. The number of hydrogen-bond donors (Lipinski definition) is 2. The van der Waals surface area contributed by atoms with Gasteiger partial charge in [0.1, 0.15) is 0 Å². The number of para-hydroxylation sites is 1. The summed E-state index contributed by atoms with van der Waals surface area (Å²) in [5.41, 5.74) is 6.16. The molecule has 3 heterocycles. The Morgan fingerprint density at radius 2 is 1.76 bits per heavy atom. The highest BCUT2D eigenvalue weighted by atomic mass is 35.5. The van der Waals surface area contributed by atoms with E-state index < -0.39 is 0 Å². The molecule has 0 radical (unpaired) electrons. The number of carbonyl (C=O) groups excluding carboxylic acids is 1. The first-order valence-electron chi connectivity index (χ1n) is 15.6. The number of nitrogens with zero attached hydrogens (tertiary/aromatic N) is 4. The molecule has 45 heavy (non-hydrogen) atoms. The molecule has 5 aromatic rings. The number of imidazole rings is 1. The Hall–Kier alpha value is -3.91.